The van der Waals surface area contributed by atoms with Gasteiger partial charge >= 0.3 is 0 Å². The number of aromatic amines is 1. The van der Waals surface area contributed by atoms with Crippen molar-refractivity contribution in [3.05, 3.63) is 65.9 Å². The van der Waals surface area contributed by atoms with Crippen LogP contribution < -0.4 is 5.32 Å². The van der Waals surface area contributed by atoms with Crippen LogP contribution >= 0.6 is 23.1 Å². The van der Waals surface area contributed by atoms with Gasteiger partial charge in [0, 0.05) is 22.0 Å². The van der Waals surface area contributed by atoms with Crippen LogP contribution in [-0.2, 0) is 11.3 Å². The number of amides is 1. The second kappa shape index (κ2) is 7.69. The Bertz CT molecular complexity index is 1290. The highest BCUT2D eigenvalue weighted by molar-refractivity contribution is 8.00. The predicted octanol–water partition coefficient (Wildman–Crippen LogP) is 3.74. The van der Waals surface area contributed by atoms with Crippen molar-refractivity contribution in [2.75, 3.05) is 5.75 Å². The second-order valence-corrected chi connectivity index (χ2v) is 8.31. The molecule has 0 bridgehead atoms. The smallest absolute Gasteiger partial charge is 0.230 e. The number of carbonyl (C=O) groups is 1. The van der Waals surface area contributed by atoms with Gasteiger partial charge in [-0.25, -0.2) is 0 Å². The topological polar surface area (TPSA) is 88.0 Å². The first kappa shape index (κ1) is 17.9. The summed E-state index contributed by atoms with van der Waals surface area (Å²) in [7, 11) is 0. The van der Waals surface area contributed by atoms with E-state index in [1.807, 2.05) is 60.1 Å². The summed E-state index contributed by atoms with van der Waals surface area (Å²) in [5.41, 5.74) is 2.58. The van der Waals surface area contributed by atoms with Gasteiger partial charge in [-0.05, 0) is 29.6 Å². The van der Waals surface area contributed by atoms with Gasteiger partial charge in [0.25, 0.3) is 0 Å². The average Bonchev–Trinajstić information content (AvgIpc) is 3.50. The molecule has 0 fully saturated rings. The molecule has 0 saturated carbocycles. The summed E-state index contributed by atoms with van der Waals surface area (Å²) in [5, 5.41) is 19.0. The van der Waals surface area contributed by atoms with E-state index < -0.39 is 0 Å². The maximum Gasteiger partial charge on any atom is 0.230 e. The number of nitrogens with zero attached hydrogens (tertiary/aromatic N) is 4. The summed E-state index contributed by atoms with van der Waals surface area (Å²) < 4.78 is 1.68. The molecule has 144 valence electrons. The van der Waals surface area contributed by atoms with Crippen LogP contribution in [0.25, 0.3) is 27.1 Å². The van der Waals surface area contributed by atoms with Gasteiger partial charge < -0.3 is 10.3 Å². The number of thiophene rings is 1. The van der Waals surface area contributed by atoms with Crippen molar-refractivity contribution in [3.63, 3.8) is 0 Å². The molecular formula is C20H16N6OS2. The monoisotopic (exact) mass is 420 g/mol. The molecule has 4 heterocycles. The molecule has 7 nitrogen and oxygen atoms in total. The Morgan fingerprint density at radius 2 is 2.07 bits per heavy atom. The standard InChI is InChI=1S/C20H16N6OS2/c27-20(12-29-17-10-21-14-5-2-1-4-13(14)17)22-11-19-24-23-18-8-7-15(25-26(18)19)16-6-3-9-28-16/h1-10,21H,11-12H2,(H,22,27). The zero-order valence-corrected chi connectivity index (χ0v) is 16.8. The minimum atomic E-state index is -0.0635. The molecular weight excluding hydrogens is 404 g/mol. The number of thioether (sulfide) groups is 1. The van der Waals surface area contributed by atoms with E-state index in [4.69, 9.17) is 0 Å². The minimum Gasteiger partial charge on any atom is -0.360 e. The molecule has 2 N–H and O–H groups in total. The SMILES string of the molecule is O=C(CSc1c[nH]c2ccccc12)NCc1nnc2ccc(-c3cccs3)nn12. The lowest BCUT2D eigenvalue weighted by Crippen LogP contribution is -2.25. The van der Waals surface area contributed by atoms with Crippen molar-refractivity contribution in [2.24, 2.45) is 0 Å². The number of H-pyrrole nitrogens is 1. The lowest BCUT2D eigenvalue weighted by atomic mass is 10.2. The van der Waals surface area contributed by atoms with Crippen LogP contribution in [0.2, 0.25) is 0 Å². The lowest BCUT2D eigenvalue weighted by molar-refractivity contribution is -0.118. The molecule has 0 aliphatic carbocycles. The number of fused-ring (bicyclic) bond motifs is 2. The van der Waals surface area contributed by atoms with E-state index in [-0.39, 0.29) is 12.5 Å². The van der Waals surface area contributed by atoms with Crippen LogP contribution in [0.5, 0.6) is 0 Å². The quantitative estimate of drug-likeness (QED) is 0.409. The molecule has 0 unspecified atom stereocenters. The van der Waals surface area contributed by atoms with Gasteiger partial charge in [-0.3, -0.25) is 4.79 Å². The molecule has 9 heteroatoms. The number of nitrogens with one attached hydrogen (secondary N) is 2. The molecule has 4 aromatic heterocycles. The molecule has 0 atom stereocenters. The number of hydrogen-bond donors (Lipinski definition) is 2. The van der Waals surface area contributed by atoms with E-state index in [1.165, 1.54) is 11.8 Å². The largest absolute Gasteiger partial charge is 0.360 e. The number of para-hydroxylation sites is 1. The van der Waals surface area contributed by atoms with Crippen molar-refractivity contribution in [2.45, 2.75) is 11.4 Å². The molecule has 5 rings (SSSR count). The third-order valence-electron chi connectivity index (χ3n) is 4.45. The summed E-state index contributed by atoms with van der Waals surface area (Å²) >= 11 is 3.13. The number of aromatic nitrogens is 5. The fourth-order valence-electron chi connectivity index (χ4n) is 3.04. The summed E-state index contributed by atoms with van der Waals surface area (Å²) in [4.78, 5) is 17.7. The van der Waals surface area contributed by atoms with Crippen molar-refractivity contribution in [1.29, 1.82) is 0 Å². The maximum atomic E-state index is 12.3. The Kier molecular flexibility index (Phi) is 4.74. The number of rotatable bonds is 6. The molecule has 29 heavy (non-hydrogen) atoms. The van der Waals surface area contributed by atoms with Gasteiger partial charge in [0.15, 0.2) is 11.5 Å². The predicted molar refractivity (Wildman–Crippen MR) is 115 cm³/mol. The highest BCUT2D eigenvalue weighted by Crippen LogP contribution is 2.27. The van der Waals surface area contributed by atoms with E-state index in [0.717, 1.165) is 26.4 Å². The van der Waals surface area contributed by atoms with Crippen molar-refractivity contribution in [1.82, 2.24) is 30.1 Å². The van der Waals surface area contributed by atoms with E-state index in [2.05, 4.69) is 25.6 Å². The van der Waals surface area contributed by atoms with Crippen LogP contribution in [0, 0.1) is 0 Å². The summed E-state index contributed by atoms with van der Waals surface area (Å²) in [6.07, 6.45) is 1.94. The summed E-state index contributed by atoms with van der Waals surface area (Å²) in [6, 6.07) is 15.9. The van der Waals surface area contributed by atoms with Crippen LogP contribution in [0.1, 0.15) is 5.82 Å². The summed E-state index contributed by atoms with van der Waals surface area (Å²) in [6.45, 7) is 0.273. The summed E-state index contributed by atoms with van der Waals surface area (Å²) in [5.74, 6) is 0.863. The van der Waals surface area contributed by atoms with Crippen molar-refractivity contribution in [3.8, 4) is 10.6 Å². The van der Waals surface area contributed by atoms with Gasteiger partial charge in [-0.15, -0.1) is 33.3 Å². The zero-order chi connectivity index (χ0) is 19.6. The Morgan fingerprint density at radius 3 is 2.97 bits per heavy atom. The number of benzene rings is 1. The average molecular weight is 421 g/mol. The van der Waals surface area contributed by atoms with Crippen LogP contribution in [0.3, 0.4) is 0 Å². The number of carbonyl (C=O) groups excluding carboxylic acids is 1. The highest BCUT2D eigenvalue weighted by atomic mass is 32.2. The minimum absolute atomic E-state index is 0.0635. The van der Waals surface area contributed by atoms with Crippen LogP contribution in [0.4, 0.5) is 0 Å². The van der Waals surface area contributed by atoms with E-state index in [0.29, 0.717) is 17.2 Å². The fourth-order valence-corrected chi connectivity index (χ4v) is 4.59. The first-order valence-electron chi connectivity index (χ1n) is 8.99. The van der Waals surface area contributed by atoms with E-state index >= 15 is 0 Å². The molecule has 0 aliphatic heterocycles. The van der Waals surface area contributed by atoms with Gasteiger partial charge in [-0.2, -0.15) is 9.61 Å². The van der Waals surface area contributed by atoms with Gasteiger partial charge in [0.2, 0.25) is 5.91 Å². The van der Waals surface area contributed by atoms with Gasteiger partial charge in [-0.1, -0.05) is 24.3 Å². The first-order valence-corrected chi connectivity index (χ1v) is 10.9. The van der Waals surface area contributed by atoms with Crippen molar-refractivity contribution < 1.29 is 4.79 Å². The molecule has 1 aromatic carbocycles. The van der Waals surface area contributed by atoms with Gasteiger partial charge in [0.1, 0.15) is 5.69 Å². The molecule has 0 aliphatic rings. The second-order valence-electron chi connectivity index (χ2n) is 6.35. The van der Waals surface area contributed by atoms with Gasteiger partial charge in [0.05, 0.1) is 17.2 Å². The van der Waals surface area contributed by atoms with Crippen LogP contribution in [0.15, 0.2) is 65.0 Å². The van der Waals surface area contributed by atoms with Crippen molar-refractivity contribution >= 4 is 45.6 Å². The Morgan fingerprint density at radius 1 is 1.14 bits per heavy atom. The Balaban J connectivity index is 1.25. The molecule has 0 radical (unpaired) electrons. The number of hydrogen-bond acceptors (Lipinski definition) is 6. The Labute approximate surface area is 174 Å². The van der Waals surface area contributed by atoms with Crippen LogP contribution in [-0.4, -0.2) is 36.5 Å². The Hall–Kier alpha value is -3.17. The maximum absolute atomic E-state index is 12.3. The molecule has 0 spiro atoms. The fraction of sp³-hybridized carbons (Fsp3) is 0.100. The first-order chi connectivity index (χ1) is 14.3. The molecule has 0 saturated heterocycles. The van der Waals surface area contributed by atoms with E-state index in [1.54, 1.807) is 15.9 Å². The third kappa shape index (κ3) is 3.62. The van der Waals surface area contributed by atoms with E-state index in [9.17, 15) is 4.79 Å². The third-order valence-corrected chi connectivity index (χ3v) is 6.40. The highest BCUT2D eigenvalue weighted by Gasteiger charge is 2.12. The lowest BCUT2D eigenvalue weighted by Gasteiger charge is -2.04. The zero-order valence-electron chi connectivity index (χ0n) is 15.2. The molecule has 5 aromatic rings. The normalized spacial score (nSPS) is 11.3. The molecule has 1 amide bonds.